The summed E-state index contributed by atoms with van der Waals surface area (Å²) in [7, 11) is 1.73. The van der Waals surface area contributed by atoms with E-state index >= 15 is 0 Å². The molecule has 3 aromatic rings. The molecule has 0 aliphatic carbocycles. The minimum absolute atomic E-state index is 0.108. The lowest BCUT2D eigenvalue weighted by molar-refractivity contribution is -0.130. The van der Waals surface area contributed by atoms with Gasteiger partial charge >= 0.3 is 0 Å². The van der Waals surface area contributed by atoms with E-state index in [0.717, 1.165) is 31.4 Å². The third-order valence-electron chi connectivity index (χ3n) is 5.15. The Kier molecular flexibility index (Phi) is 5.62. The second kappa shape index (κ2) is 8.48. The SMILES string of the molecule is CN=C(NCCc1c[nH]c2ccccc12)NCC(=O)N1CCc2sccc2C1. The number of fused-ring (bicyclic) bond motifs is 2. The summed E-state index contributed by atoms with van der Waals surface area (Å²) in [5, 5.41) is 9.80. The maximum Gasteiger partial charge on any atom is 0.242 e. The van der Waals surface area contributed by atoms with E-state index in [-0.39, 0.29) is 12.5 Å². The lowest BCUT2D eigenvalue weighted by atomic mass is 10.1. The summed E-state index contributed by atoms with van der Waals surface area (Å²) in [5.74, 6) is 0.762. The van der Waals surface area contributed by atoms with Crippen molar-refractivity contribution >= 4 is 34.1 Å². The number of rotatable bonds is 5. The Balaban J connectivity index is 1.24. The van der Waals surface area contributed by atoms with Crippen molar-refractivity contribution in [2.75, 3.05) is 26.7 Å². The van der Waals surface area contributed by atoms with Gasteiger partial charge in [-0.15, -0.1) is 11.3 Å². The van der Waals surface area contributed by atoms with Crippen molar-refractivity contribution < 1.29 is 4.79 Å². The highest BCUT2D eigenvalue weighted by atomic mass is 32.1. The number of carbonyl (C=O) groups excluding carboxylic acids is 1. The number of guanidine groups is 1. The predicted molar refractivity (Wildman–Crippen MR) is 115 cm³/mol. The number of hydrogen-bond acceptors (Lipinski definition) is 3. The first-order valence-electron chi connectivity index (χ1n) is 9.57. The molecule has 1 aromatic carbocycles. The largest absolute Gasteiger partial charge is 0.361 e. The van der Waals surface area contributed by atoms with Gasteiger partial charge in [0.2, 0.25) is 5.91 Å². The molecule has 1 amide bonds. The van der Waals surface area contributed by atoms with Gasteiger partial charge in [0.1, 0.15) is 0 Å². The molecule has 0 saturated heterocycles. The van der Waals surface area contributed by atoms with Crippen LogP contribution in [0.15, 0.2) is 46.9 Å². The van der Waals surface area contributed by atoms with Gasteiger partial charge in [-0.3, -0.25) is 9.79 Å². The second-order valence-electron chi connectivity index (χ2n) is 6.90. The molecule has 1 aliphatic rings. The van der Waals surface area contributed by atoms with E-state index in [1.165, 1.54) is 21.4 Å². The highest BCUT2D eigenvalue weighted by Crippen LogP contribution is 2.23. The van der Waals surface area contributed by atoms with Gasteiger partial charge in [-0.2, -0.15) is 0 Å². The Labute approximate surface area is 168 Å². The summed E-state index contributed by atoms with van der Waals surface area (Å²) in [6, 6.07) is 10.4. The summed E-state index contributed by atoms with van der Waals surface area (Å²) in [6.45, 7) is 2.51. The van der Waals surface area contributed by atoms with Gasteiger partial charge in [-0.25, -0.2) is 0 Å². The number of aromatic nitrogens is 1. The third kappa shape index (κ3) is 4.04. The first kappa shape index (κ1) is 18.6. The quantitative estimate of drug-likeness (QED) is 0.459. The van der Waals surface area contributed by atoms with E-state index in [1.807, 2.05) is 11.0 Å². The lowest BCUT2D eigenvalue weighted by Gasteiger charge is -2.27. The van der Waals surface area contributed by atoms with Crippen LogP contribution in [0.4, 0.5) is 0 Å². The average Bonchev–Trinajstić information content (AvgIpc) is 3.36. The number of aliphatic imine (C=N–C) groups is 1. The minimum atomic E-state index is 0.108. The predicted octanol–water partition coefficient (Wildman–Crippen LogP) is 2.52. The number of thiophene rings is 1. The molecule has 0 unspecified atom stereocenters. The highest BCUT2D eigenvalue weighted by molar-refractivity contribution is 7.10. The molecule has 1 aliphatic heterocycles. The van der Waals surface area contributed by atoms with E-state index < -0.39 is 0 Å². The van der Waals surface area contributed by atoms with E-state index in [9.17, 15) is 4.79 Å². The maximum atomic E-state index is 12.5. The van der Waals surface area contributed by atoms with Crippen molar-refractivity contribution in [2.24, 2.45) is 4.99 Å². The monoisotopic (exact) mass is 395 g/mol. The number of aromatic amines is 1. The number of nitrogens with one attached hydrogen (secondary N) is 3. The highest BCUT2D eigenvalue weighted by Gasteiger charge is 2.21. The van der Waals surface area contributed by atoms with Crippen LogP contribution in [0.25, 0.3) is 10.9 Å². The molecule has 146 valence electrons. The number of hydrogen-bond donors (Lipinski definition) is 3. The Morgan fingerprint density at radius 2 is 2.18 bits per heavy atom. The lowest BCUT2D eigenvalue weighted by Crippen LogP contribution is -2.46. The summed E-state index contributed by atoms with van der Waals surface area (Å²) in [4.78, 5) is 23.4. The molecular formula is C21H25N5OS. The normalized spacial score (nSPS) is 14.2. The van der Waals surface area contributed by atoms with Crippen LogP contribution in [0, 0.1) is 0 Å². The van der Waals surface area contributed by atoms with Gasteiger partial charge in [-0.05, 0) is 41.5 Å². The number of carbonyl (C=O) groups is 1. The Morgan fingerprint density at radius 1 is 1.29 bits per heavy atom. The van der Waals surface area contributed by atoms with Gasteiger partial charge < -0.3 is 20.5 Å². The van der Waals surface area contributed by atoms with Gasteiger partial charge in [0.15, 0.2) is 5.96 Å². The molecule has 2 aromatic heterocycles. The first-order chi connectivity index (χ1) is 13.7. The maximum absolute atomic E-state index is 12.5. The fourth-order valence-electron chi connectivity index (χ4n) is 3.61. The number of amides is 1. The van der Waals surface area contributed by atoms with Crippen molar-refractivity contribution in [3.05, 3.63) is 57.9 Å². The summed E-state index contributed by atoms with van der Waals surface area (Å²) < 4.78 is 0. The molecule has 3 heterocycles. The minimum Gasteiger partial charge on any atom is -0.361 e. The van der Waals surface area contributed by atoms with E-state index in [4.69, 9.17) is 0 Å². The molecule has 0 spiro atoms. The Morgan fingerprint density at radius 3 is 3.07 bits per heavy atom. The molecule has 3 N–H and O–H groups in total. The van der Waals surface area contributed by atoms with Crippen LogP contribution in [0.1, 0.15) is 16.0 Å². The van der Waals surface area contributed by atoms with E-state index in [1.54, 1.807) is 18.4 Å². The van der Waals surface area contributed by atoms with Crippen molar-refractivity contribution in [3.8, 4) is 0 Å². The fraction of sp³-hybridized carbons (Fsp3) is 0.333. The fourth-order valence-corrected chi connectivity index (χ4v) is 4.50. The van der Waals surface area contributed by atoms with E-state index in [0.29, 0.717) is 12.5 Å². The zero-order valence-electron chi connectivity index (χ0n) is 16.0. The summed E-state index contributed by atoms with van der Waals surface area (Å²) in [5.41, 5.74) is 3.71. The topological polar surface area (TPSA) is 72.5 Å². The average molecular weight is 396 g/mol. The molecule has 0 bridgehead atoms. The zero-order chi connectivity index (χ0) is 19.3. The summed E-state index contributed by atoms with van der Waals surface area (Å²) in [6.07, 6.45) is 3.89. The van der Waals surface area contributed by atoms with Crippen LogP contribution >= 0.6 is 11.3 Å². The molecule has 6 nitrogen and oxygen atoms in total. The van der Waals surface area contributed by atoms with Crippen molar-refractivity contribution in [2.45, 2.75) is 19.4 Å². The van der Waals surface area contributed by atoms with E-state index in [2.05, 4.69) is 56.5 Å². The van der Waals surface area contributed by atoms with Gasteiger partial charge in [0, 0.05) is 48.7 Å². The molecule has 0 atom stereocenters. The summed E-state index contributed by atoms with van der Waals surface area (Å²) >= 11 is 1.78. The Hall–Kier alpha value is -2.80. The van der Waals surface area contributed by atoms with Crippen LogP contribution in [0.5, 0.6) is 0 Å². The molecule has 0 fully saturated rings. The van der Waals surface area contributed by atoms with Crippen molar-refractivity contribution in [1.29, 1.82) is 0 Å². The number of benzene rings is 1. The second-order valence-corrected chi connectivity index (χ2v) is 7.90. The molecule has 28 heavy (non-hydrogen) atoms. The molecule has 0 radical (unpaired) electrons. The third-order valence-corrected chi connectivity index (χ3v) is 6.18. The van der Waals surface area contributed by atoms with Crippen LogP contribution in [0.2, 0.25) is 0 Å². The van der Waals surface area contributed by atoms with Gasteiger partial charge in [0.05, 0.1) is 6.54 Å². The number of H-pyrrole nitrogens is 1. The Bertz CT molecular complexity index is 990. The smallest absolute Gasteiger partial charge is 0.242 e. The van der Waals surface area contributed by atoms with Crippen molar-refractivity contribution in [1.82, 2.24) is 20.5 Å². The van der Waals surface area contributed by atoms with Crippen LogP contribution in [-0.2, 0) is 24.2 Å². The molecular weight excluding hydrogens is 370 g/mol. The van der Waals surface area contributed by atoms with Crippen LogP contribution < -0.4 is 10.6 Å². The van der Waals surface area contributed by atoms with Crippen molar-refractivity contribution in [3.63, 3.8) is 0 Å². The van der Waals surface area contributed by atoms with Crippen LogP contribution in [0.3, 0.4) is 0 Å². The first-order valence-corrected chi connectivity index (χ1v) is 10.4. The van der Waals surface area contributed by atoms with Crippen LogP contribution in [-0.4, -0.2) is 48.4 Å². The number of para-hydroxylation sites is 1. The van der Waals surface area contributed by atoms with Gasteiger partial charge in [0.25, 0.3) is 0 Å². The molecule has 0 saturated carbocycles. The molecule has 7 heteroatoms. The molecule has 4 rings (SSSR count). The standard InChI is InChI=1S/C21H25N5OS/c1-22-21(23-9-6-15-12-24-18-5-3-2-4-17(15)18)25-13-20(27)26-10-7-19-16(14-26)8-11-28-19/h2-5,8,11-12,24H,6-7,9-10,13-14H2,1H3,(H2,22,23,25). The zero-order valence-corrected chi connectivity index (χ0v) is 16.8. The van der Waals surface area contributed by atoms with Gasteiger partial charge in [-0.1, -0.05) is 18.2 Å². The number of nitrogens with zero attached hydrogens (tertiary/aromatic N) is 2.